The second kappa shape index (κ2) is 7.57. The maximum atomic E-state index is 14.0. The van der Waals surface area contributed by atoms with Gasteiger partial charge in [-0.25, -0.2) is 13.2 Å². The second-order valence-corrected chi connectivity index (χ2v) is 4.75. The van der Waals surface area contributed by atoms with Crippen molar-refractivity contribution in [1.29, 1.82) is 0 Å². The second-order valence-electron chi connectivity index (χ2n) is 4.75. The van der Waals surface area contributed by atoms with Gasteiger partial charge in [0.25, 0.3) is 0 Å². The summed E-state index contributed by atoms with van der Waals surface area (Å²) >= 11 is 0. The van der Waals surface area contributed by atoms with E-state index in [1.54, 1.807) is 0 Å². The molecular weight excluding hydrogens is 315 g/mol. The van der Waals surface area contributed by atoms with Crippen LogP contribution in [0.15, 0.2) is 6.07 Å². The standard InChI is InChI=1S/C15H14F3NO4/c1-2-8(6-20)19-11(7-21)9-5-10(15-22-3-4-23-15)13(17)14(18)12(9)16/h1,5,7-8,11,15,19-20H,3-4,6H2. The lowest BCUT2D eigenvalue weighted by atomic mass is 10.0. The summed E-state index contributed by atoms with van der Waals surface area (Å²) in [4.78, 5) is 11.2. The van der Waals surface area contributed by atoms with Crippen LogP contribution in [0, 0.1) is 29.8 Å². The zero-order valence-corrected chi connectivity index (χ0v) is 11.9. The maximum Gasteiger partial charge on any atom is 0.195 e. The first-order valence-electron chi connectivity index (χ1n) is 6.72. The fraction of sp³-hybridized carbons (Fsp3) is 0.400. The number of aliphatic hydroxyl groups is 1. The van der Waals surface area contributed by atoms with Gasteiger partial charge in [0.15, 0.2) is 23.7 Å². The number of benzene rings is 1. The van der Waals surface area contributed by atoms with Gasteiger partial charge in [-0.2, -0.15) is 0 Å². The van der Waals surface area contributed by atoms with Crippen LogP contribution >= 0.6 is 0 Å². The Kier molecular flexibility index (Phi) is 5.74. The molecular formula is C15H14F3NO4. The van der Waals surface area contributed by atoms with Gasteiger partial charge in [0, 0.05) is 11.1 Å². The molecule has 1 heterocycles. The Morgan fingerprint density at radius 3 is 2.52 bits per heavy atom. The Morgan fingerprint density at radius 1 is 1.35 bits per heavy atom. The highest BCUT2D eigenvalue weighted by molar-refractivity contribution is 5.62. The molecule has 8 heteroatoms. The van der Waals surface area contributed by atoms with Crippen molar-refractivity contribution in [2.75, 3.05) is 19.8 Å². The minimum Gasteiger partial charge on any atom is -0.394 e. The van der Waals surface area contributed by atoms with Gasteiger partial charge in [-0.1, -0.05) is 5.92 Å². The summed E-state index contributed by atoms with van der Waals surface area (Å²) in [7, 11) is 0. The van der Waals surface area contributed by atoms with E-state index in [-0.39, 0.29) is 25.1 Å². The molecule has 1 aliphatic rings. The molecule has 1 fully saturated rings. The number of halogens is 3. The van der Waals surface area contributed by atoms with Crippen molar-refractivity contribution in [2.24, 2.45) is 0 Å². The summed E-state index contributed by atoms with van der Waals surface area (Å²) in [5.41, 5.74) is -0.812. The van der Waals surface area contributed by atoms with Crippen LogP contribution in [-0.4, -0.2) is 37.3 Å². The molecule has 0 aromatic heterocycles. The van der Waals surface area contributed by atoms with Gasteiger partial charge < -0.3 is 19.4 Å². The van der Waals surface area contributed by atoms with Crippen LogP contribution in [0.25, 0.3) is 0 Å². The van der Waals surface area contributed by atoms with Crippen LogP contribution in [0.4, 0.5) is 13.2 Å². The summed E-state index contributed by atoms with van der Waals surface area (Å²) in [6.45, 7) is -0.164. The first-order chi connectivity index (χ1) is 11.0. The third-order valence-corrected chi connectivity index (χ3v) is 3.31. The van der Waals surface area contributed by atoms with E-state index in [0.717, 1.165) is 6.07 Å². The zero-order chi connectivity index (χ0) is 17.0. The fourth-order valence-electron chi connectivity index (χ4n) is 2.15. The van der Waals surface area contributed by atoms with Crippen LogP contribution in [-0.2, 0) is 14.3 Å². The molecule has 2 N–H and O–H groups in total. The molecule has 124 valence electrons. The number of aldehydes is 1. The first-order valence-corrected chi connectivity index (χ1v) is 6.72. The largest absolute Gasteiger partial charge is 0.394 e. The number of nitrogens with one attached hydrogen (secondary N) is 1. The van der Waals surface area contributed by atoms with Crippen molar-refractivity contribution < 1.29 is 32.5 Å². The predicted molar refractivity (Wildman–Crippen MR) is 72.6 cm³/mol. The molecule has 0 aliphatic carbocycles. The first kappa shape index (κ1) is 17.4. The van der Waals surface area contributed by atoms with E-state index in [4.69, 9.17) is 21.0 Å². The smallest absolute Gasteiger partial charge is 0.195 e. The van der Waals surface area contributed by atoms with Crippen LogP contribution < -0.4 is 5.32 Å². The minimum absolute atomic E-state index is 0.178. The molecule has 2 atom stereocenters. The summed E-state index contributed by atoms with van der Waals surface area (Å²) in [6.07, 6.45) is 4.22. The molecule has 1 aromatic carbocycles. The van der Waals surface area contributed by atoms with Crippen molar-refractivity contribution in [2.45, 2.75) is 18.4 Å². The molecule has 2 unspecified atom stereocenters. The molecule has 5 nitrogen and oxygen atoms in total. The molecule has 1 aliphatic heterocycles. The van der Waals surface area contributed by atoms with Crippen molar-refractivity contribution >= 4 is 6.29 Å². The Bertz CT molecular complexity index is 626. The number of hydrogen-bond acceptors (Lipinski definition) is 5. The lowest BCUT2D eigenvalue weighted by Crippen LogP contribution is -2.36. The van der Waals surface area contributed by atoms with E-state index in [1.165, 1.54) is 0 Å². The number of ether oxygens (including phenoxy) is 2. The number of aliphatic hydroxyl groups excluding tert-OH is 1. The average Bonchev–Trinajstić information content (AvgIpc) is 3.09. The zero-order valence-electron chi connectivity index (χ0n) is 11.9. The van der Waals surface area contributed by atoms with Crippen LogP contribution in [0.1, 0.15) is 23.5 Å². The topological polar surface area (TPSA) is 67.8 Å². The number of carbonyl (C=O) groups excluding carboxylic acids is 1. The van der Waals surface area contributed by atoms with E-state index in [9.17, 15) is 18.0 Å². The van der Waals surface area contributed by atoms with E-state index >= 15 is 0 Å². The Morgan fingerprint density at radius 2 is 2.00 bits per heavy atom. The van der Waals surface area contributed by atoms with Crippen LogP contribution in [0.3, 0.4) is 0 Å². The lowest BCUT2D eigenvalue weighted by molar-refractivity contribution is -0.109. The fourth-order valence-corrected chi connectivity index (χ4v) is 2.15. The van der Waals surface area contributed by atoms with Crippen molar-refractivity contribution in [3.8, 4) is 12.3 Å². The van der Waals surface area contributed by atoms with Gasteiger partial charge in [-0.3, -0.25) is 5.32 Å². The summed E-state index contributed by atoms with van der Waals surface area (Å²) in [5.74, 6) is -2.57. The minimum atomic E-state index is -1.74. The molecule has 23 heavy (non-hydrogen) atoms. The molecule has 2 rings (SSSR count). The Labute approximate surface area is 130 Å². The molecule has 0 bridgehead atoms. The van der Waals surface area contributed by atoms with E-state index in [2.05, 4.69) is 11.2 Å². The van der Waals surface area contributed by atoms with Gasteiger partial charge >= 0.3 is 0 Å². The van der Waals surface area contributed by atoms with Crippen molar-refractivity contribution in [3.05, 3.63) is 34.6 Å². The third kappa shape index (κ3) is 3.54. The van der Waals surface area contributed by atoms with Gasteiger partial charge in [0.2, 0.25) is 0 Å². The molecule has 0 spiro atoms. The molecule has 0 saturated carbocycles. The van der Waals surface area contributed by atoms with Crippen molar-refractivity contribution in [1.82, 2.24) is 5.32 Å². The highest BCUT2D eigenvalue weighted by atomic mass is 19.2. The number of hydrogen-bond donors (Lipinski definition) is 2. The Hall–Kier alpha value is -1.92. The molecule has 0 amide bonds. The maximum absolute atomic E-state index is 14.0. The SMILES string of the molecule is C#CC(CO)NC(C=O)c1cc(C2OCCO2)c(F)c(F)c1F. The number of terminal acetylenes is 1. The monoisotopic (exact) mass is 329 g/mol. The van der Waals surface area contributed by atoms with Crippen LogP contribution in [0.5, 0.6) is 0 Å². The molecule has 0 radical (unpaired) electrons. The summed E-state index contributed by atoms with van der Waals surface area (Å²) in [5, 5.41) is 11.5. The summed E-state index contributed by atoms with van der Waals surface area (Å²) in [6, 6.07) is -1.39. The van der Waals surface area contributed by atoms with E-state index < -0.39 is 48.0 Å². The molecule has 1 aromatic rings. The number of rotatable bonds is 6. The predicted octanol–water partition coefficient (Wildman–Crippen LogP) is 0.973. The van der Waals surface area contributed by atoms with Gasteiger partial charge in [-0.15, -0.1) is 6.42 Å². The van der Waals surface area contributed by atoms with Gasteiger partial charge in [-0.05, 0) is 6.07 Å². The normalized spacial score (nSPS) is 17.7. The average molecular weight is 329 g/mol. The third-order valence-electron chi connectivity index (χ3n) is 3.31. The van der Waals surface area contributed by atoms with Gasteiger partial charge in [0.05, 0.1) is 31.9 Å². The summed E-state index contributed by atoms with van der Waals surface area (Å²) < 4.78 is 51.9. The Balaban J connectivity index is 2.43. The van der Waals surface area contributed by atoms with E-state index in [1.807, 2.05) is 0 Å². The van der Waals surface area contributed by atoms with Crippen LogP contribution in [0.2, 0.25) is 0 Å². The molecule has 1 saturated heterocycles. The van der Waals surface area contributed by atoms with E-state index in [0.29, 0.717) is 0 Å². The highest BCUT2D eigenvalue weighted by Crippen LogP contribution is 2.31. The quantitative estimate of drug-likeness (QED) is 0.462. The van der Waals surface area contributed by atoms with Crippen molar-refractivity contribution in [3.63, 3.8) is 0 Å². The highest BCUT2D eigenvalue weighted by Gasteiger charge is 2.30. The lowest BCUT2D eigenvalue weighted by Gasteiger charge is -2.20. The number of carbonyl (C=O) groups is 1. The van der Waals surface area contributed by atoms with Gasteiger partial charge in [0.1, 0.15) is 6.29 Å².